The molecule has 120 valence electrons. The summed E-state index contributed by atoms with van der Waals surface area (Å²) >= 11 is 5.67. The summed E-state index contributed by atoms with van der Waals surface area (Å²) in [5, 5.41) is 3.88. The van der Waals surface area contributed by atoms with Crippen molar-refractivity contribution in [3.05, 3.63) is 17.0 Å². The summed E-state index contributed by atoms with van der Waals surface area (Å²) in [4.78, 5) is 27.1. The molecule has 0 bridgehead atoms. The summed E-state index contributed by atoms with van der Waals surface area (Å²) in [7, 11) is 1.73. The molecule has 22 heavy (non-hydrogen) atoms. The lowest BCUT2D eigenvalue weighted by Gasteiger charge is -2.37. The quantitative estimate of drug-likeness (QED) is 0.844. The van der Waals surface area contributed by atoms with Gasteiger partial charge in [-0.15, -0.1) is 0 Å². The van der Waals surface area contributed by atoms with Crippen molar-refractivity contribution in [2.24, 2.45) is 0 Å². The van der Waals surface area contributed by atoms with E-state index in [0.717, 1.165) is 0 Å². The second-order valence-corrected chi connectivity index (χ2v) is 6.29. The molecule has 2 aliphatic heterocycles. The third-order valence-corrected chi connectivity index (χ3v) is 4.46. The lowest BCUT2D eigenvalue weighted by atomic mass is 9.91. The largest absolute Gasteiger partial charge is 0.441 e. The van der Waals surface area contributed by atoms with Crippen LogP contribution in [-0.2, 0) is 16.0 Å². The Hall–Kier alpha value is -1.76. The Labute approximate surface area is 133 Å². The molecule has 0 atom stereocenters. The van der Waals surface area contributed by atoms with Crippen molar-refractivity contribution in [3.63, 3.8) is 0 Å². The number of ether oxygens (including phenoxy) is 1. The van der Waals surface area contributed by atoms with E-state index in [4.69, 9.17) is 20.9 Å². The van der Waals surface area contributed by atoms with Gasteiger partial charge < -0.3 is 19.1 Å². The van der Waals surface area contributed by atoms with Crippen LogP contribution < -0.4 is 0 Å². The van der Waals surface area contributed by atoms with Crippen LogP contribution in [0.3, 0.4) is 0 Å². The summed E-state index contributed by atoms with van der Waals surface area (Å²) in [6.45, 7) is 1.82. The number of carbonyl (C=O) groups is 2. The molecule has 2 saturated heterocycles. The van der Waals surface area contributed by atoms with Gasteiger partial charge in [-0.05, 0) is 0 Å². The molecule has 0 saturated carbocycles. The van der Waals surface area contributed by atoms with Crippen LogP contribution in [0.4, 0.5) is 4.79 Å². The minimum atomic E-state index is -0.416. The summed E-state index contributed by atoms with van der Waals surface area (Å²) in [6, 6.07) is 1.62. The van der Waals surface area contributed by atoms with Gasteiger partial charge in [0.2, 0.25) is 5.91 Å². The number of rotatable bonds is 3. The highest BCUT2D eigenvalue weighted by atomic mass is 35.5. The number of likely N-dealkylation sites (tertiary alicyclic amines) is 1. The zero-order valence-electron chi connectivity index (χ0n) is 12.4. The van der Waals surface area contributed by atoms with E-state index in [1.165, 1.54) is 0 Å². The molecule has 8 heteroatoms. The van der Waals surface area contributed by atoms with Crippen molar-refractivity contribution >= 4 is 23.6 Å². The Balaban J connectivity index is 1.49. The third kappa shape index (κ3) is 3.04. The standard InChI is InChI=1S/C14H18ClN3O4/c1-17-9-14(21-13(17)20)4-6-18(7-5-14)12(19)3-2-10-8-11(15)16-22-10/h8H,2-7,9H2,1H3. The fourth-order valence-electron chi connectivity index (χ4n) is 3.01. The van der Waals surface area contributed by atoms with Gasteiger partial charge in [0, 0.05) is 51.9 Å². The molecule has 0 N–H and O–H groups in total. The Morgan fingerprint density at radius 2 is 2.18 bits per heavy atom. The smallest absolute Gasteiger partial charge is 0.410 e. The van der Waals surface area contributed by atoms with Gasteiger partial charge >= 0.3 is 6.09 Å². The lowest BCUT2D eigenvalue weighted by molar-refractivity contribution is -0.134. The predicted octanol–water partition coefficient (Wildman–Crippen LogP) is 1.70. The number of likely N-dealkylation sites (N-methyl/N-ethyl adjacent to an activating group) is 1. The average Bonchev–Trinajstić information content (AvgIpc) is 3.01. The van der Waals surface area contributed by atoms with E-state index >= 15 is 0 Å². The number of hydrogen-bond donors (Lipinski definition) is 0. The summed E-state index contributed by atoms with van der Waals surface area (Å²) in [5.74, 6) is 0.679. The highest BCUT2D eigenvalue weighted by Crippen LogP contribution is 2.32. The zero-order chi connectivity index (χ0) is 15.7. The Bertz CT molecular complexity index is 580. The third-order valence-electron chi connectivity index (χ3n) is 4.28. The van der Waals surface area contributed by atoms with E-state index in [9.17, 15) is 9.59 Å². The SMILES string of the molecule is CN1CC2(CCN(C(=O)CCc3cc(Cl)no3)CC2)OC1=O. The molecule has 3 rings (SSSR count). The maximum atomic E-state index is 12.2. The molecular formula is C14H18ClN3O4. The second kappa shape index (κ2) is 5.79. The van der Waals surface area contributed by atoms with Crippen LogP contribution in [0.15, 0.2) is 10.6 Å². The lowest BCUT2D eigenvalue weighted by Crippen LogP contribution is -2.48. The van der Waals surface area contributed by atoms with E-state index in [-0.39, 0.29) is 12.0 Å². The number of halogens is 1. The molecule has 0 aliphatic carbocycles. The first-order valence-corrected chi connectivity index (χ1v) is 7.68. The fourth-order valence-corrected chi connectivity index (χ4v) is 3.17. The summed E-state index contributed by atoms with van der Waals surface area (Å²) in [5.41, 5.74) is -0.416. The average molecular weight is 328 g/mol. The number of amides is 2. The molecule has 0 radical (unpaired) electrons. The Kier molecular flexibility index (Phi) is 3.99. The maximum Gasteiger partial charge on any atom is 0.410 e. The van der Waals surface area contributed by atoms with Crippen LogP contribution in [0.25, 0.3) is 0 Å². The normalized spacial score (nSPS) is 20.5. The maximum absolute atomic E-state index is 12.2. The van der Waals surface area contributed by atoms with E-state index < -0.39 is 5.60 Å². The summed E-state index contributed by atoms with van der Waals surface area (Å²) in [6.07, 6.45) is 1.93. The highest BCUT2D eigenvalue weighted by molar-refractivity contribution is 6.29. The van der Waals surface area contributed by atoms with Gasteiger partial charge in [0.15, 0.2) is 5.15 Å². The number of carbonyl (C=O) groups excluding carboxylic acids is 2. The molecule has 2 aliphatic rings. The molecule has 1 aromatic rings. The van der Waals surface area contributed by atoms with Gasteiger partial charge in [0.05, 0.1) is 6.54 Å². The van der Waals surface area contributed by atoms with Gasteiger partial charge in [-0.1, -0.05) is 16.8 Å². The van der Waals surface area contributed by atoms with Crippen molar-refractivity contribution in [2.75, 3.05) is 26.7 Å². The fraction of sp³-hybridized carbons (Fsp3) is 0.643. The van der Waals surface area contributed by atoms with Crippen LogP contribution in [0.2, 0.25) is 5.15 Å². The molecule has 3 heterocycles. The molecule has 0 unspecified atom stereocenters. The number of piperidine rings is 1. The predicted molar refractivity (Wildman–Crippen MR) is 77.5 cm³/mol. The van der Waals surface area contributed by atoms with Crippen LogP contribution >= 0.6 is 11.6 Å². The van der Waals surface area contributed by atoms with Crippen LogP contribution in [0, 0.1) is 0 Å². The van der Waals surface area contributed by atoms with E-state index in [1.54, 1.807) is 18.0 Å². The minimum absolute atomic E-state index is 0.0695. The van der Waals surface area contributed by atoms with E-state index in [0.29, 0.717) is 56.2 Å². The first kappa shape index (κ1) is 15.1. The van der Waals surface area contributed by atoms with Crippen LogP contribution in [0.1, 0.15) is 25.0 Å². The van der Waals surface area contributed by atoms with Gasteiger partial charge in [-0.2, -0.15) is 0 Å². The van der Waals surface area contributed by atoms with Crippen molar-refractivity contribution in [2.45, 2.75) is 31.3 Å². The summed E-state index contributed by atoms with van der Waals surface area (Å²) < 4.78 is 10.5. The topological polar surface area (TPSA) is 75.9 Å². The molecule has 0 aromatic carbocycles. The number of nitrogens with zero attached hydrogens (tertiary/aromatic N) is 3. The van der Waals surface area contributed by atoms with Crippen molar-refractivity contribution in [1.82, 2.24) is 15.0 Å². The van der Waals surface area contributed by atoms with E-state index in [1.807, 2.05) is 4.90 Å². The first-order chi connectivity index (χ1) is 10.5. The molecular weight excluding hydrogens is 310 g/mol. The van der Waals surface area contributed by atoms with E-state index in [2.05, 4.69) is 5.16 Å². The monoisotopic (exact) mass is 327 g/mol. The van der Waals surface area contributed by atoms with Crippen molar-refractivity contribution in [1.29, 1.82) is 0 Å². The van der Waals surface area contributed by atoms with Crippen LogP contribution in [0.5, 0.6) is 0 Å². The first-order valence-electron chi connectivity index (χ1n) is 7.30. The van der Waals surface area contributed by atoms with Crippen molar-refractivity contribution < 1.29 is 18.8 Å². The molecule has 2 fully saturated rings. The molecule has 2 amide bonds. The second-order valence-electron chi connectivity index (χ2n) is 5.90. The minimum Gasteiger partial charge on any atom is -0.441 e. The van der Waals surface area contributed by atoms with Gasteiger partial charge in [-0.25, -0.2) is 4.79 Å². The number of hydrogen-bond acceptors (Lipinski definition) is 5. The zero-order valence-corrected chi connectivity index (χ0v) is 13.1. The molecule has 1 spiro atoms. The van der Waals surface area contributed by atoms with Gasteiger partial charge in [0.25, 0.3) is 0 Å². The Morgan fingerprint density at radius 3 is 2.73 bits per heavy atom. The highest BCUT2D eigenvalue weighted by Gasteiger charge is 2.46. The molecule has 1 aromatic heterocycles. The number of aryl methyl sites for hydroxylation is 1. The van der Waals surface area contributed by atoms with Gasteiger partial charge in [-0.3, -0.25) is 4.79 Å². The van der Waals surface area contributed by atoms with Crippen molar-refractivity contribution in [3.8, 4) is 0 Å². The van der Waals surface area contributed by atoms with Gasteiger partial charge in [0.1, 0.15) is 11.4 Å². The number of aromatic nitrogens is 1. The van der Waals surface area contributed by atoms with Crippen LogP contribution in [-0.4, -0.2) is 59.2 Å². The Morgan fingerprint density at radius 1 is 1.45 bits per heavy atom. The molecule has 7 nitrogen and oxygen atoms in total.